The summed E-state index contributed by atoms with van der Waals surface area (Å²) < 4.78 is 41.2. The molecule has 4 aromatic rings. The van der Waals surface area contributed by atoms with E-state index in [0.717, 1.165) is 59.4 Å². The third-order valence-electron chi connectivity index (χ3n) is 8.49. The number of benzene rings is 4. The highest BCUT2D eigenvalue weighted by Crippen LogP contribution is 2.39. The smallest absolute Gasteiger partial charge is 0.240 e. The van der Waals surface area contributed by atoms with Crippen molar-refractivity contribution < 1.29 is 23.0 Å². The number of piperidine rings is 1. The number of nitrogens with zero attached hydrogens (tertiary/aromatic N) is 1. The Kier molecular flexibility index (Phi) is 9.86. The second-order valence-corrected chi connectivity index (χ2v) is 13.4. The average Bonchev–Trinajstić information content (AvgIpc) is 3.08. The SMILES string of the molecule is O=S(=O)(NCc1cccc(-c2ccc(C3OC(CN4CCCCC4)CC(c4ccc(CO)cc4)O3)cc2)c1)c1ccccc1. The fourth-order valence-electron chi connectivity index (χ4n) is 6.02. The third kappa shape index (κ3) is 7.64. The molecule has 7 nitrogen and oxygen atoms in total. The maximum atomic E-state index is 12.7. The van der Waals surface area contributed by atoms with Gasteiger partial charge in [-0.2, -0.15) is 0 Å². The Labute approximate surface area is 260 Å². The lowest BCUT2D eigenvalue weighted by Crippen LogP contribution is -2.41. The van der Waals surface area contributed by atoms with E-state index in [9.17, 15) is 13.5 Å². The highest BCUT2D eigenvalue weighted by Gasteiger charge is 2.33. The van der Waals surface area contributed by atoms with Crippen molar-refractivity contribution in [3.05, 3.63) is 125 Å². The van der Waals surface area contributed by atoms with Crippen LogP contribution in [0.1, 0.15) is 60.3 Å². The van der Waals surface area contributed by atoms with Gasteiger partial charge >= 0.3 is 0 Å². The second kappa shape index (κ2) is 14.2. The number of hydrogen-bond donors (Lipinski definition) is 2. The van der Waals surface area contributed by atoms with Crippen LogP contribution in [-0.2, 0) is 32.6 Å². The van der Waals surface area contributed by atoms with Gasteiger partial charge in [0.05, 0.1) is 23.7 Å². The molecule has 0 spiro atoms. The van der Waals surface area contributed by atoms with Crippen molar-refractivity contribution >= 4 is 10.0 Å². The van der Waals surface area contributed by atoms with E-state index < -0.39 is 16.3 Å². The van der Waals surface area contributed by atoms with Gasteiger partial charge in [-0.25, -0.2) is 13.1 Å². The van der Waals surface area contributed by atoms with Crippen LogP contribution in [0.2, 0.25) is 0 Å². The molecule has 0 saturated carbocycles. The largest absolute Gasteiger partial charge is 0.392 e. The zero-order valence-electron chi connectivity index (χ0n) is 24.8. The summed E-state index contributed by atoms with van der Waals surface area (Å²) in [4.78, 5) is 2.76. The van der Waals surface area contributed by atoms with Crippen molar-refractivity contribution in [2.24, 2.45) is 0 Å². The Balaban J connectivity index is 1.16. The van der Waals surface area contributed by atoms with Crippen molar-refractivity contribution in [3.63, 3.8) is 0 Å². The number of likely N-dealkylation sites (tertiary alicyclic amines) is 1. The topological polar surface area (TPSA) is 88.1 Å². The fraction of sp³-hybridized carbons (Fsp3) is 0.333. The number of aliphatic hydroxyl groups excluding tert-OH is 1. The standard InChI is InChI=1S/C36H40N2O5S/c39-26-27-12-14-30(15-13-27)35-23-33(25-38-20-5-2-6-21-38)42-36(43-35)31-18-16-29(17-19-31)32-9-7-8-28(22-32)24-37-44(40,41)34-10-3-1-4-11-34/h1,3-4,7-19,22,33,35-37,39H,2,5-6,20-21,23-26H2. The Hall–Kier alpha value is -3.37. The van der Waals surface area contributed by atoms with E-state index in [2.05, 4.69) is 33.9 Å². The van der Waals surface area contributed by atoms with Crippen molar-refractivity contribution in [2.45, 2.75) is 62.2 Å². The molecule has 2 N–H and O–H groups in total. The summed E-state index contributed by atoms with van der Waals surface area (Å²) in [5.41, 5.74) is 5.84. The molecule has 0 aromatic heterocycles. The van der Waals surface area contributed by atoms with Gasteiger partial charge in [-0.05, 0) is 71.9 Å². The van der Waals surface area contributed by atoms with Crippen LogP contribution in [0.25, 0.3) is 11.1 Å². The first-order valence-corrected chi connectivity index (χ1v) is 16.9. The average molecular weight is 613 g/mol. The predicted molar refractivity (Wildman–Crippen MR) is 171 cm³/mol. The van der Waals surface area contributed by atoms with Gasteiger partial charge in [-0.3, -0.25) is 0 Å². The lowest BCUT2D eigenvalue weighted by molar-refractivity contribution is -0.253. The van der Waals surface area contributed by atoms with Crippen molar-refractivity contribution in [3.8, 4) is 11.1 Å². The van der Waals surface area contributed by atoms with E-state index in [0.29, 0.717) is 0 Å². The number of nitrogens with one attached hydrogen (secondary N) is 1. The molecule has 44 heavy (non-hydrogen) atoms. The maximum absolute atomic E-state index is 12.7. The highest BCUT2D eigenvalue weighted by molar-refractivity contribution is 7.89. The molecule has 2 saturated heterocycles. The van der Waals surface area contributed by atoms with Crippen LogP contribution in [-0.4, -0.2) is 44.2 Å². The number of ether oxygens (including phenoxy) is 2. The minimum atomic E-state index is -3.59. The van der Waals surface area contributed by atoms with Crippen molar-refractivity contribution in [1.29, 1.82) is 0 Å². The molecule has 6 rings (SSSR count). The Morgan fingerprint density at radius 2 is 1.48 bits per heavy atom. The van der Waals surface area contributed by atoms with Gasteiger partial charge in [0.15, 0.2) is 6.29 Å². The van der Waals surface area contributed by atoms with E-state index in [1.165, 1.54) is 19.3 Å². The first-order valence-electron chi connectivity index (χ1n) is 15.4. The molecule has 2 aliphatic heterocycles. The van der Waals surface area contributed by atoms with E-state index >= 15 is 0 Å². The molecule has 2 fully saturated rings. The van der Waals surface area contributed by atoms with Gasteiger partial charge in [0.2, 0.25) is 10.0 Å². The molecular weight excluding hydrogens is 572 g/mol. The summed E-state index contributed by atoms with van der Waals surface area (Å²) in [5.74, 6) is 0. The quantitative estimate of drug-likeness (QED) is 0.217. The highest BCUT2D eigenvalue weighted by atomic mass is 32.2. The summed E-state index contributed by atoms with van der Waals surface area (Å²) in [7, 11) is -3.59. The van der Waals surface area contributed by atoms with Crippen LogP contribution in [0.5, 0.6) is 0 Å². The van der Waals surface area contributed by atoms with Gasteiger partial charge in [0, 0.05) is 25.1 Å². The molecule has 0 amide bonds. The van der Waals surface area contributed by atoms with Gasteiger partial charge in [0.25, 0.3) is 0 Å². The van der Waals surface area contributed by atoms with Crippen LogP contribution >= 0.6 is 0 Å². The molecule has 0 bridgehead atoms. The molecule has 0 radical (unpaired) electrons. The summed E-state index contributed by atoms with van der Waals surface area (Å²) in [6.45, 7) is 3.34. The number of aliphatic hydroxyl groups is 1. The van der Waals surface area contributed by atoms with Crippen LogP contribution in [0.3, 0.4) is 0 Å². The fourth-order valence-corrected chi connectivity index (χ4v) is 7.06. The summed E-state index contributed by atoms with van der Waals surface area (Å²) in [6.07, 6.45) is 4.00. The lowest BCUT2D eigenvalue weighted by atomic mass is 9.98. The Morgan fingerprint density at radius 3 is 2.20 bits per heavy atom. The molecular formula is C36H40N2O5S. The normalized spacial score (nSPS) is 21.2. The third-order valence-corrected chi connectivity index (χ3v) is 9.91. The van der Waals surface area contributed by atoms with E-state index in [1.807, 2.05) is 48.5 Å². The lowest BCUT2D eigenvalue weighted by Gasteiger charge is -2.39. The molecule has 0 aliphatic carbocycles. The van der Waals surface area contributed by atoms with Gasteiger partial charge in [-0.15, -0.1) is 0 Å². The monoisotopic (exact) mass is 612 g/mol. The molecule has 2 heterocycles. The second-order valence-electron chi connectivity index (χ2n) is 11.7. The Morgan fingerprint density at radius 1 is 0.750 bits per heavy atom. The zero-order valence-corrected chi connectivity index (χ0v) is 25.7. The molecule has 3 atom stereocenters. The molecule has 4 aromatic carbocycles. The van der Waals surface area contributed by atoms with E-state index in [-0.39, 0.29) is 30.3 Å². The molecule has 230 valence electrons. The zero-order chi connectivity index (χ0) is 30.4. The van der Waals surface area contributed by atoms with Crippen LogP contribution in [0, 0.1) is 0 Å². The Bertz CT molecular complexity index is 1600. The van der Waals surface area contributed by atoms with Crippen molar-refractivity contribution in [2.75, 3.05) is 19.6 Å². The molecule has 3 unspecified atom stereocenters. The maximum Gasteiger partial charge on any atom is 0.240 e. The first kappa shape index (κ1) is 30.6. The minimum absolute atomic E-state index is 0.0215. The predicted octanol–water partition coefficient (Wildman–Crippen LogP) is 6.36. The van der Waals surface area contributed by atoms with Crippen molar-refractivity contribution in [1.82, 2.24) is 9.62 Å². The first-order chi connectivity index (χ1) is 21.5. The molecule has 8 heteroatoms. The minimum Gasteiger partial charge on any atom is -0.392 e. The number of rotatable bonds is 10. The number of sulfonamides is 1. The van der Waals surface area contributed by atoms with E-state index in [1.54, 1.807) is 30.3 Å². The van der Waals surface area contributed by atoms with Gasteiger partial charge in [-0.1, -0.05) is 91.3 Å². The van der Waals surface area contributed by atoms with Gasteiger partial charge in [0.1, 0.15) is 0 Å². The van der Waals surface area contributed by atoms with Gasteiger partial charge < -0.3 is 19.5 Å². The summed E-state index contributed by atoms with van der Waals surface area (Å²) in [6, 6.07) is 32.6. The van der Waals surface area contributed by atoms with E-state index in [4.69, 9.17) is 9.47 Å². The van der Waals surface area contributed by atoms with Crippen LogP contribution < -0.4 is 4.72 Å². The van der Waals surface area contributed by atoms with Crippen LogP contribution in [0.15, 0.2) is 108 Å². The number of hydrogen-bond acceptors (Lipinski definition) is 6. The molecule has 2 aliphatic rings. The summed E-state index contributed by atoms with van der Waals surface area (Å²) in [5, 5.41) is 9.49. The summed E-state index contributed by atoms with van der Waals surface area (Å²) >= 11 is 0. The van der Waals surface area contributed by atoms with Crippen LogP contribution in [0.4, 0.5) is 0 Å².